The summed E-state index contributed by atoms with van der Waals surface area (Å²) in [6.45, 7) is 0. The van der Waals surface area contributed by atoms with Gasteiger partial charge in [0, 0.05) is 21.0 Å². The number of thioether (sulfide) groups is 1. The Balaban J connectivity index is 1.14. The molecule has 5 aromatic rings. The van der Waals surface area contributed by atoms with Crippen LogP contribution >= 0.6 is 23.1 Å². The van der Waals surface area contributed by atoms with Crippen molar-refractivity contribution in [2.24, 2.45) is 0 Å². The Bertz CT molecular complexity index is 2180. The predicted octanol–water partition coefficient (Wildman–Crippen LogP) is 7.96. The quantitative estimate of drug-likeness (QED) is 0.0626. The lowest BCUT2D eigenvalue weighted by molar-refractivity contribution is -0.114. The molecule has 1 aliphatic rings. The smallest absolute Gasteiger partial charge is 0.341 e. The van der Waals surface area contributed by atoms with Crippen molar-refractivity contribution in [1.82, 2.24) is 5.32 Å². The number of methoxy groups -OCH3 is 3. The van der Waals surface area contributed by atoms with E-state index in [2.05, 4.69) is 28.1 Å². The molecule has 0 bridgehead atoms. The largest absolute Gasteiger partial charge is 0.493 e. The second-order valence-electron chi connectivity index (χ2n) is 12.4. The molecule has 0 aliphatic heterocycles. The Morgan fingerprint density at radius 1 is 0.833 bits per heavy atom. The molecule has 1 atom stereocenters. The van der Waals surface area contributed by atoms with Crippen molar-refractivity contribution in [3.05, 3.63) is 142 Å². The molecule has 1 aliphatic carbocycles. The number of carbonyl (C=O) groups is 4. The summed E-state index contributed by atoms with van der Waals surface area (Å²) < 4.78 is 15.9. The van der Waals surface area contributed by atoms with Crippen LogP contribution in [0.2, 0.25) is 0 Å². The summed E-state index contributed by atoms with van der Waals surface area (Å²) in [7, 11) is 4.39. The molecule has 4 aromatic carbocycles. The highest BCUT2D eigenvalue weighted by atomic mass is 32.2. The van der Waals surface area contributed by atoms with E-state index in [1.807, 2.05) is 24.3 Å². The lowest BCUT2D eigenvalue weighted by Gasteiger charge is -2.22. The van der Waals surface area contributed by atoms with Crippen molar-refractivity contribution in [3.8, 4) is 11.5 Å². The lowest BCUT2D eigenvalue weighted by Crippen LogP contribution is -2.30. The first-order chi connectivity index (χ1) is 26.3. The molecule has 6 rings (SSSR count). The van der Waals surface area contributed by atoms with Crippen LogP contribution in [-0.4, -0.2) is 50.8 Å². The van der Waals surface area contributed by atoms with E-state index in [0.29, 0.717) is 44.8 Å². The summed E-state index contributed by atoms with van der Waals surface area (Å²) in [5.41, 5.74) is 4.09. The number of benzene rings is 4. The molecule has 10 nitrogen and oxygen atoms in total. The van der Waals surface area contributed by atoms with Crippen LogP contribution < -0.4 is 25.4 Å². The van der Waals surface area contributed by atoms with Gasteiger partial charge >= 0.3 is 5.97 Å². The van der Waals surface area contributed by atoms with Gasteiger partial charge in [-0.15, -0.1) is 23.1 Å². The SMILES string of the molecule is COC(=O)c1c(NC(=O)CSc2cccc(NC(=O)/C(=C\c3ccc(OC)c(OC)c3)NC(=O)c3ccccc3)c2)sc2c1CCC(c1ccccc1)C2. The van der Waals surface area contributed by atoms with E-state index >= 15 is 0 Å². The number of hydrogen-bond donors (Lipinski definition) is 3. The molecule has 0 saturated heterocycles. The number of hydrogen-bond acceptors (Lipinski definition) is 9. The van der Waals surface area contributed by atoms with Crippen LogP contribution in [0, 0.1) is 0 Å². The number of esters is 1. The zero-order chi connectivity index (χ0) is 38.0. The number of fused-ring (bicyclic) bond motifs is 1. The fourth-order valence-electron chi connectivity index (χ4n) is 6.23. The number of anilines is 2. The maximum absolute atomic E-state index is 13.7. The molecule has 0 radical (unpaired) electrons. The van der Waals surface area contributed by atoms with Gasteiger partial charge in [0.1, 0.15) is 10.7 Å². The average Bonchev–Trinajstić information content (AvgIpc) is 3.57. The Morgan fingerprint density at radius 3 is 2.30 bits per heavy atom. The minimum atomic E-state index is -0.555. The fraction of sp³-hybridized carbons (Fsp3) is 0.190. The van der Waals surface area contributed by atoms with Crippen molar-refractivity contribution in [2.75, 3.05) is 37.7 Å². The van der Waals surface area contributed by atoms with Crippen LogP contribution in [0.15, 0.2) is 114 Å². The molecule has 3 amide bonds. The van der Waals surface area contributed by atoms with E-state index in [9.17, 15) is 19.2 Å². The first-order valence-electron chi connectivity index (χ1n) is 17.2. The molecule has 0 spiro atoms. The van der Waals surface area contributed by atoms with Gasteiger partial charge in [0.2, 0.25) is 5.91 Å². The van der Waals surface area contributed by atoms with Crippen LogP contribution in [-0.2, 0) is 27.2 Å². The molecule has 0 fully saturated rings. The third-order valence-corrected chi connectivity index (χ3v) is 11.1. The van der Waals surface area contributed by atoms with E-state index in [-0.39, 0.29) is 17.4 Å². The van der Waals surface area contributed by atoms with Crippen molar-refractivity contribution >= 4 is 63.6 Å². The highest BCUT2D eigenvalue weighted by Crippen LogP contribution is 2.43. The summed E-state index contributed by atoms with van der Waals surface area (Å²) >= 11 is 2.72. The minimum absolute atomic E-state index is 0.00338. The van der Waals surface area contributed by atoms with Gasteiger partial charge in [-0.05, 0) is 90.4 Å². The average molecular weight is 762 g/mol. The van der Waals surface area contributed by atoms with Gasteiger partial charge < -0.3 is 30.2 Å². The van der Waals surface area contributed by atoms with Crippen LogP contribution in [0.25, 0.3) is 6.08 Å². The van der Waals surface area contributed by atoms with Gasteiger partial charge in [0.25, 0.3) is 11.8 Å². The van der Waals surface area contributed by atoms with Crippen LogP contribution in [0.4, 0.5) is 10.7 Å². The minimum Gasteiger partial charge on any atom is -0.493 e. The van der Waals surface area contributed by atoms with Crippen molar-refractivity contribution in [2.45, 2.75) is 30.1 Å². The molecule has 12 heteroatoms. The molecule has 1 unspecified atom stereocenters. The zero-order valence-corrected chi connectivity index (χ0v) is 31.6. The molecular formula is C42H39N3O7S2. The van der Waals surface area contributed by atoms with E-state index in [1.54, 1.807) is 72.8 Å². The Labute approximate surface area is 321 Å². The number of nitrogens with one attached hydrogen (secondary N) is 3. The van der Waals surface area contributed by atoms with Gasteiger partial charge in [0.15, 0.2) is 11.5 Å². The first kappa shape index (κ1) is 37.9. The van der Waals surface area contributed by atoms with Crippen molar-refractivity contribution in [1.29, 1.82) is 0 Å². The van der Waals surface area contributed by atoms with E-state index in [4.69, 9.17) is 14.2 Å². The van der Waals surface area contributed by atoms with Crippen LogP contribution in [0.5, 0.6) is 11.5 Å². The summed E-state index contributed by atoms with van der Waals surface area (Å²) in [5, 5.41) is 9.07. The Kier molecular flexibility index (Phi) is 12.5. The molecule has 0 saturated carbocycles. The third kappa shape index (κ3) is 9.20. The Morgan fingerprint density at radius 2 is 1.57 bits per heavy atom. The second-order valence-corrected chi connectivity index (χ2v) is 14.5. The van der Waals surface area contributed by atoms with Crippen LogP contribution in [0.3, 0.4) is 0 Å². The zero-order valence-electron chi connectivity index (χ0n) is 30.0. The molecule has 3 N–H and O–H groups in total. The van der Waals surface area contributed by atoms with Crippen molar-refractivity contribution < 1.29 is 33.4 Å². The lowest BCUT2D eigenvalue weighted by atomic mass is 9.83. The number of carbonyl (C=O) groups excluding carboxylic acids is 4. The van der Waals surface area contributed by atoms with Gasteiger partial charge in [-0.25, -0.2) is 4.79 Å². The summed E-state index contributed by atoms with van der Waals surface area (Å²) in [5.74, 6) is -0.361. The van der Waals surface area contributed by atoms with E-state index < -0.39 is 17.8 Å². The van der Waals surface area contributed by atoms with Gasteiger partial charge in [-0.3, -0.25) is 14.4 Å². The maximum atomic E-state index is 13.7. The molecular weight excluding hydrogens is 723 g/mol. The summed E-state index contributed by atoms with van der Waals surface area (Å²) in [4.78, 5) is 54.8. The topological polar surface area (TPSA) is 132 Å². The fourth-order valence-corrected chi connectivity index (χ4v) is 8.31. The highest BCUT2D eigenvalue weighted by Gasteiger charge is 2.30. The third-order valence-electron chi connectivity index (χ3n) is 8.89. The second kappa shape index (κ2) is 17.8. The maximum Gasteiger partial charge on any atom is 0.341 e. The van der Waals surface area contributed by atoms with Gasteiger partial charge in [-0.1, -0.05) is 60.7 Å². The molecule has 1 heterocycles. The number of rotatable bonds is 13. The van der Waals surface area contributed by atoms with Crippen LogP contribution in [0.1, 0.15) is 54.6 Å². The summed E-state index contributed by atoms with van der Waals surface area (Å²) in [6.07, 6.45) is 3.97. The first-order valence-corrected chi connectivity index (χ1v) is 19.0. The number of ether oxygens (including phenoxy) is 3. The number of thiophene rings is 1. The number of amides is 3. The van der Waals surface area contributed by atoms with Gasteiger partial charge in [-0.2, -0.15) is 0 Å². The van der Waals surface area contributed by atoms with Gasteiger partial charge in [0.05, 0.1) is 32.6 Å². The van der Waals surface area contributed by atoms with Crippen molar-refractivity contribution in [3.63, 3.8) is 0 Å². The normalized spacial score (nSPS) is 13.6. The monoisotopic (exact) mass is 761 g/mol. The molecule has 1 aromatic heterocycles. The molecule has 54 heavy (non-hydrogen) atoms. The molecule has 276 valence electrons. The Hall–Kier alpha value is -5.85. The predicted molar refractivity (Wildman–Crippen MR) is 213 cm³/mol. The highest BCUT2D eigenvalue weighted by molar-refractivity contribution is 8.00. The standard InChI is InChI=1S/C42H39N3O7S2/c1-50-34-20-17-26(22-35(34)51-2)21-33(44-39(47)28-13-8-5-9-14-28)40(48)43-30-15-10-16-31(24-30)53-25-37(46)45-41-38(42(49)52-3)32-19-18-29(23-36(32)54-41)27-11-6-4-7-12-27/h4-17,20-22,24,29H,18-19,23,25H2,1-3H3,(H,43,48)(H,44,47)(H,45,46)/b33-21+. The van der Waals surface area contributed by atoms with E-state index in [1.165, 1.54) is 50.0 Å². The van der Waals surface area contributed by atoms with E-state index in [0.717, 1.165) is 34.6 Å². The summed E-state index contributed by atoms with van der Waals surface area (Å²) in [6, 6.07) is 31.1.